The summed E-state index contributed by atoms with van der Waals surface area (Å²) in [6.07, 6.45) is 6.50. The Balaban J connectivity index is 1.38. The highest BCUT2D eigenvalue weighted by Gasteiger charge is 2.30. The molecule has 0 unspecified atom stereocenters. The van der Waals surface area contributed by atoms with Crippen molar-refractivity contribution in [2.75, 3.05) is 24.2 Å². The fourth-order valence-electron chi connectivity index (χ4n) is 3.90. The maximum Gasteiger partial charge on any atom is 0.228 e. The molecule has 4 rings (SSSR count). The molecule has 2 aromatic heterocycles. The van der Waals surface area contributed by atoms with Crippen molar-refractivity contribution < 1.29 is 8.42 Å². The number of anilines is 2. The number of nitrogens with zero attached hydrogens (tertiary/aromatic N) is 4. The molecular weight excluding hydrogens is 410 g/mol. The molecule has 3 aromatic rings. The zero-order valence-corrected chi connectivity index (χ0v) is 18.2. The van der Waals surface area contributed by atoms with Gasteiger partial charge in [0.25, 0.3) is 0 Å². The standard InChI is InChI=1S/C23H27N5O2S/c29-31(30,17-6-10-19-8-2-1-3-9-19)28-16-5-11-20(18-28)21-12-4-13-22(26-21)27-23-24-14-7-15-25-23/h1-4,7-9,12-15,20H,5-6,10-11,16-18H2,(H,24,25,26,27)/t20-/m0/s1. The van der Waals surface area contributed by atoms with E-state index in [1.165, 1.54) is 5.56 Å². The van der Waals surface area contributed by atoms with Gasteiger partial charge in [0.15, 0.2) is 0 Å². The number of aryl methyl sites for hydroxylation is 1. The molecule has 1 aromatic carbocycles. The molecule has 0 bridgehead atoms. The molecule has 1 aliphatic rings. The van der Waals surface area contributed by atoms with Gasteiger partial charge in [-0.3, -0.25) is 0 Å². The maximum absolute atomic E-state index is 12.9. The van der Waals surface area contributed by atoms with E-state index in [1.54, 1.807) is 22.8 Å². The van der Waals surface area contributed by atoms with Crippen LogP contribution in [0.1, 0.15) is 36.4 Å². The number of piperidine rings is 1. The van der Waals surface area contributed by atoms with Crippen molar-refractivity contribution in [1.82, 2.24) is 19.3 Å². The molecular formula is C23H27N5O2S. The predicted octanol–water partition coefficient (Wildman–Crippen LogP) is 3.76. The van der Waals surface area contributed by atoms with Crippen LogP contribution in [0.15, 0.2) is 67.0 Å². The molecule has 1 saturated heterocycles. The van der Waals surface area contributed by atoms with Gasteiger partial charge in [-0.05, 0) is 49.4 Å². The van der Waals surface area contributed by atoms with Crippen LogP contribution in [0, 0.1) is 0 Å². The fraction of sp³-hybridized carbons (Fsp3) is 0.348. The largest absolute Gasteiger partial charge is 0.309 e. The van der Waals surface area contributed by atoms with E-state index in [1.807, 2.05) is 48.5 Å². The molecule has 0 spiro atoms. The van der Waals surface area contributed by atoms with Gasteiger partial charge in [-0.2, -0.15) is 0 Å². The summed E-state index contributed by atoms with van der Waals surface area (Å²) in [4.78, 5) is 13.0. The number of pyridine rings is 1. The van der Waals surface area contributed by atoms with Crippen LogP contribution in [-0.2, 0) is 16.4 Å². The lowest BCUT2D eigenvalue weighted by Gasteiger charge is -2.31. The molecule has 0 radical (unpaired) electrons. The number of hydrogen-bond acceptors (Lipinski definition) is 6. The van der Waals surface area contributed by atoms with Gasteiger partial charge in [0.1, 0.15) is 5.82 Å². The van der Waals surface area contributed by atoms with Crippen molar-refractivity contribution in [1.29, 1.82) is 0 Å². The fourth-order valence-corrected chi connectivity index (χ4v) is 5.48. The summed E-state index contributed by atoms with van der Waals surface area (Å²) in [5.41, 5.74) is 2.07. The number of nitrogens with one attached hydrogen (secondary N) is 1. The van der Waals surface area contributed by atoms with E-state index in [9.17, 15) is 8.42 Å². The molecule has 31 heavy (non-hydrogen) atoms. The van der Waals surface area contributed by atoms with E-state index in [2.05, 4.69) is 15.3 Å². The van der Waals surface area contributed by atoms with E-state index >= 15 is 0 Å². The molecule has 1 fully saturated rings. The third-order valence-electron chi connectivity index (χ3n) is 5.48. The van der Waals surface area contributed by atoms with Crippen LogP contribution >= 0.6 is 0 Å². The monoisotopic (exact) mass is 437 g/mol. The van der Waals surface area contributed by atoms with Crippen LogP contribution in [-0.4, -0.2) is 46.5 Å². The molecule has 0 amide bonds. The highest BCUT2D eigenvalue weighted by molar-refractivity contribution is 7.89. The molecule has 0 saturated carbocycles. The number of sulfonamides is 1. The summed E-state index contributed by atoms with van der Waals surface area (Å²) in [5, 5.41) is 3.10. The van der Waals surface area contributed by atoms with E-state index in [0.717, 1.165) is 25.0 Å². The van der Waals surface area contributed by atoms with Crippen LogP contribution < -0.4 is 5.32 Å². The maximum atomic E-state index is 12.9. The van der Waals surface area contributed by atoms with Crippen LogP contribution in [0.25, 0.3) is 0 Å². The lowest BCUT2D eigenvalue weighted by Crippen LogP contribution is -2.40. The molecule has 1 aliphatic heterocycles. The first-order chi connectivity index (χ1) is 15.1. The zero-order valence-electron chi connectivity index (χ0n) is 17.4. The third-order valence-corrected chi connectivity index (χ3v) is 7.41. The van der Waals surface area contributed by atoms with E-state index in [-0.39, 0.29) is 11.7 Å². The van der Waals surface area contributed by atoms with E-state index in [4.69, 9.17) is 4.98 Å². The first-order valence-electron chi connectivity index (χ1n) is 10.6. The summed E-state index contributed by atoms with van der Waals surface area (Å²) >= 11 is 0. The van der Waals surface area contributed by atoms with Crippen molar-refractivity contribution in [3.63, 3.8) is 0 Å². The minimum absolute atomic E-state index is 0.0797. The summed E-state index contributed by atoms with van der Waals surface area (Å²) in [7, 11) is -3.28. The number of hydrogen-bond donors (Lipinski definition) is 1. The van der Waals surface area contributed by atoms with Crippen LogP contribution in [0.2, 0.25) is 0 Å². The average Bonchev–Trinajstić information content (AvgIpc) is 2.81. The number of rotatable bonds is 8. The molecule has 8 heteroatoms. The minimum Gasteiger partial charge on any atom is -0.309 e. The van der Waals surface area contributed by atoms with Crippen molar-refractivity contribution >= 4 is 21.8 Å². The SMILES string of the molecule is O=S(=O)(CCCc1ccccc1)N1CCC[C@H](c2cccc(Nc3ncccn3)n2)C1. The summed E-state index contributed by atoms with van der Waals surface area (Å²) in [6, 6.07) is 17.5. The Hall–Kier alpha value is -2.84. The summed E-state index contributed by atoms with van der Waals surface area (Å²) < 4.78 is 27.5. The average molecular weight is 438 g/mol. The van der Waals surface area contributed by atoms with Gasteiger partial charge in [-0.1, -0.05) is 36.4 Å². The summed E-state index contributed by atoms with van der Waals surface area (Å²) in [6.45, 7) is 1.06. The minimum atomic E-state index is -3.28. The quantitative estimate of drug-likeness (QED) is 0.577. The van der Waals surface area contributed by atoms with Gasteiger partial charge < -0.3 is 5.32 Å². The lowest BCUT2D eigenvalue weighted by atomic mass is 9.96. The van der Waals surface area contributed by atoms with Crippen molar-refractivity contribution in [3.05, 3.63) is 78.2 Å². The van der Waals surface area contributed by atoms with Crippen LogP contribution in [0.3, 0.4) is 0 Å². The highest BCUT2D eigenvalue weighted by Crippen LogP contribution is 2.28. The van der Waals surface area contributed by atoms with E-state index < -0.39 is 10.0 Å². The number of benzene rings is 1. The first kappa shape index (κ1) is 21.4. The van der Waals surface area contributed by atoms with Gasteiger partial charge in [0, 0.05) is 37.1 Å². The normalized spacial score (nSPS) is 17.4. The highest BCUT2D eigenvalue weighted by atomic mass is 32.2. The zero-order chi connectivity index (χ0) is 21.5. The Morgan fingerprint density at radius 1 is 1.00 bits per heavy atom. The molecule has 1 N–H and O–H groups in total. The number of aromatic nitrogens is 3. The second-order valence-electron chi connectivity index (χ2n) is 7.75. The molecule has 0 aliphatic carbocycles. The van der Waals surface area contributed by atoms with Gasteiger partial charge in [0.2, 0.25) is 16.0 Å². The van der Waals surface area contributed by atoms with Crippen LogP contribution in [0.5, 0.6) is 0 Å². The van der Waals surface area contributed by atoms with Crippen molar-refractivity contribution in [3.8, 4) is 0 Å². The van der Waals surface area contributed by atoms with E-state index in [0.29, 0.717) is 31.3 Å². The Bertz CT molecular complexity index is 1080. The second-order valence-corrected chi connectivity index (χ2v) is 9.84. The Morgan fingerprint density at radius 2 is 1.81 bits per heavy atom. The Labute approximate surface area is 183 Å². The third kappa shape index (κ3) is 5.86. The van der Waals surface area contributed by atoms with Crippen molar-refractivity contribution in [2.45, 2.75) is 31.6 Å². The van der Waals surface area contributed by atoms with Crippen LogP contribution in [0.4, 0.5) is 11.8 Å². The Morgan fingerprint density at radius 3 is 2.61 bits per heavy atom. The molecule has 3 heterocycles. The van der Waals surface area contributed by atoms with Gasteiger partial charge in [-0.25, -0.2) is 27.7 Å². The first-order valence-corrected chi connectivity index (χ1v) is 12.2. The molecule has 162 valence electrons. The lowest BCUT2D eigenvalue weighted by molar-refractivity contribution is 0.312. The molecule has 7 nitrogen and oxygen atoms in total. The van der Waals surface area contributed by atoms with Gasteiger partial charge >= 0.3 is 0 Å². The van der Waals surface area contributed by atoms with Gasteiger partial charge in [-0.15, -0.1) is 0 Å². The predicted molar refractivity (Wildman–Crippen MR) is 122 cm³/mol. The smallest absolute Gasteiger partial charge is 0.228 e. The van der Waals surface area contributed by atoms with Crippen molar-refractivity contribution in [2.24, 2.45) is 0 Å². The summed E-state index contributed by atoms with van der Waals surface area (Å²) in [5.74, 6) is 1.40. The topological polar surface area (TPSA) is 88.1 Å². The Kier molecular flexibility index (Phi) is 6.89. The van der Waals surface area contributed by atoms with Gasteiger partial charge in [0.05, 0.1) is 5.75 Å². The molecule has 1 atom stereocenters. The second kappa shape index (κ2) is 9.98.